The van der Waals surface area contributed by atoms with Gasteiger partial charge in [0.05, 0.1) is 0 Å². The molecule has 0 atom stereocenters. The molecule has 0 saturated carbocycles. The Morgan fingerprint density at radius 2 is 0.625 bits per heavy atom. The van der Waals surface area contributed by atoms with E-state index in [1.165, 1.54) is 33.3 Å². The number of fused-ring (bicyclic) bond motifs is 1. The fourth-order valence-corrected chi connectivity index (χ4v) is 5.62. The van der Waals surface area contributed by atoms with E-state index in [2.05, 4.69) is 169 Å². The lowest BCUT2D eigenvalue weighted by atomic mass is 9.94. The molecular formula is C38H34N2. The van der Waals surface area contributed by atoms with Gasteiger partial charge in [-0.2, -0.15) is 0 Å². The third-order valence-corrected chi connectivity index (χ3v) is 7.55. The van der Waals surface area contributed by atoms with Gasteiger partial charge < -0.3 is 9.80 Å². The highest BCUT2D eigenvalue weighted by atomic mass is 15.1. The van der Waals surface area contributed by atoms with Crippen molar-refractivity contribution in [3.8, 4) is 0 Å². The molecule has 2 heteroatoms. The van der Waals surface area contributed by atoms with Crippen molar-refractivity contribution in [2.75, 3.05) is 9.80 Å². The molecule has 40 heavy (non-hydrogen) atoms. The molecule has 0 fully saturated rings. The standard InChI is InChI=1S/C38H34N2/c1-3-29-25-35(39(31-17-9-5-10-18-31)32-19-11-6-12-20-32)28-38-30(4-2)26-36(27-37(29)38)40(33-21-13-7-14-22-33)34-23-15-8-16-24-34/h5-28H,3-4H2,1-2H3. The van der Waals surface area contributed by atoms with Crippen molar-refractivity contribution in [3.05, 3.63) is 157 Å². The van der Waals surface area contributed by atoms with Gasteiger partial charge in [-0.15, -0.1) is 0 Å². The fourth-order valence-electron chi connectivity index (χ4n) is 5.62. The number of benzene rings is 6. The highest BCUT2D eigenvalue weighted by Crippen LogP contribution is 2.42. The first-order chi connectivity index (χ1) is 19.8. The lowest BCUT2D eigenvalue weighted by molar-refractivity contribution is 1.13. The van der Waals surface area contributed by atoms with Crippen LogP contribution < -0.4 is 9.80 Å². The van der Waals surface area contributed by atoms with Crippen molar-refractivity contribution in [1.82, 2.24) is 0 Å². The van der Waals surface area contributed by atoms with Crippen LogP contribution in [0.25, 0.3) is 10.8 Å². The summed E-state index contributed by atoms with van der Waals surface area (Å²) in [6, 6.07) is 52.2. The second-order valence-corrected chi connectivity index (χ2v) is 10.0. The van der Waals surface area contributed by atoms with E-state index in [9.17, 15) is 0 Å². The van der Waals surface area contributed by atoms with Gasteiger partial charge in [0.2, 0.25) is 0 Å². The SMILES string of the molecule is CCc1cc(N(c2ccccc2)c2ccccc2)cc2c(CC)cc(N(c3ccccc3)c3ccccc3)cc12. The Balaban J connectivity index is 1.57. The number of para-hydroxylation sites is 4. The zero-order valence-corrected chi connectivity index (χ0v) is 23.2. The molecule has 0 aromatic heterocycles. The summed E-state index contributed by atoms with van der Waals surface area (Å²) in [4.78, 5) is 4.73. The third kappa shape index (κ3) is 4.97. The molecule has 196 valence electrons. The van der Waals surface area contributed by atoms with Gasteiger partial charge in [-0.25, -0.2) is 0 Å². The molecular weight excluding hydrogens is 484 g/mol. The van der Waals surface area contributed by atoms with Crippen LogP contribution in [0.2, 0.25) is 0 Å². The summed E-state index contributed by atoms with van der Waals surface area (Å²) in [5.41, 5.74) is 9.70. The van der Waals surface area contributed by atoms with Gasteiger partial charge >= 0.3 is 0 Å². The van der Waals surface area contributed by atoms with Crippen LogP contribution in [0, 0.1) is 0 Å². The van der Waals surface area contributed by atoms with E-state index in [1.807, 2.05) is 0 Å². The molecule has 0 saturated heterocycles. The van der Waals surface area contributed by atoms with E-state index in [-0.39, 0.29) is 0 Å². The van der Waals surface area contributed by atoms with Gasteiger partial charge in [0, 0.05) is 34.1 Å². The first-order valence-corrected chi connectivity index (χ1v) is 14.2. The number of anilines is 6. The van der Waals surface area contributed by atoms with Gasteiger partial charge in [-0.3, -0.25) is 0 Å². The molecule has 0 bridgehead atoms. The Morgan fingerprint density at radius 1 is 0.350 bits per heavy atom. The number of aryl methyl sites for hydroxylation is 2. The van der Waals surface area contributed by atoms with Gasteiger partial charge in [0.1, 0.15) is 0 Å². The van der Waals surface area contributed by atoms with E-state index in [1.54, 1.807) is 0 Å². The molecule has 0 radical (unpaired) electrons. The summed E-state index contributed by atoms with van der Waals surface area (Å²) in [6.45, 7) is 4.52. The second-order valence-electron chi connectivity index (χ2n) is 10.0. The van der Waals surface area contributed by atoms with Crippen LogP contribution in [-0.4, -0.2) is 0 Å². The maximum atomic E-state index is 2.38. The molecule has 0 N–H and O–H groups in total. The predicted octanol–water partition coefficient (Wildman–Crippen LogP) is 10.9. The number of nitrogens with zero attached hydrogens (tertiary/aromatic N) is 2. The molecule has 6 aromatic rings. The van der Waals surface area contributed by atoms with Gasteiger partial charge in [0.15, 0.2) is 0 Å². The topological polar surface area (TPSA) is 6.48 Å². The Bertz CT molecular complexity index is 1490. The molecule has 0 amide bonds. The molecule has 0 unspecified atom stereocenters. The van der Waals surface area contributed by atoms with E-state index < -0.39 is 0 Å². The third-order valence-electron chi connectivity index (χ3n) is 7.55. The Morgan fingerprint density at radius 3 is 0.875 bits per heavy atom. The average molecular weight is 519 g/mol. The van der Waals surface area contributed by atoms with Gasteiger partial charge in [-0.05, 0) is 108 Å². The molecule has 2 nitrogen and oxygen atoms in total. The van der Waals surface area contributed by atoms with Crippen molar-refractivity contribution in [2.24, 2.45) is 0 Å². The summed E-state index contributed by atoms with van der Waals surface area (Å²) < 4.78 is 0. The molecule has 0 heterocycles. The zero-order valence-electron chi connectivity index (χ0n) is 23.2. The van der Waals surface area contributed by atoms with E-state index >= 15 is 0 Å². The van der Waals surface area contributed by atoms with Crippen molar-refractivity contribution in [3.63, 3.8) is 0 Å². The maximum absolute atomic E-state index is 2.38. The smallest absolute Gasteiger partial charge is 0.0470 e. The second kappa shape index (κ2) is 11.5. The van der Waals surface area contributed by atoms with Crippen LogP contribution in [0.4, 0.5) is 34.1 Å². The van der Waals surface area contributed by atoms with E-state index in [4.69, 9.17) is 0 Å². The number of rotatable bonds is 8. The number of hydrogen-bond donors (Lipinski definition) is 0. The minimum absolute atomic E-state index is 0.949. The highest BCUT2D eigenvalue weighted by molar-refractivity contribution is 5.97. The minimum Gasteiger partial charge on any atom is -0.310 e. The largest absolute Gasteiger partial charge is 0.310 e. The van der Waals surface area contributed by atoms with Crippen molar-refractivity contribution >= 4 is 44.9 Å². The summed E-state index contributed by atoms with van der Waals surface area (Å²) in [5, 5.41) is 2.64. The fraction of sp³-hybridized carbons (Fsp3) is 0.105. The zero-order chi connectivity index (χ0) is 27.3. The van der Waals surface area contributed by atoms with Crippen molar-refractivity contribution in [1.29, 1.82) is 0 Å². The van der Waals surface area contributed by atoms with Gasteiger partial charge in [-0.1, -0.05) is 86.6 Å². The van der Waals surface area contributed by atoms with Crippen molar-refractivity contribution in [2.45, 2.75) is 26.7 Å². The maximum Gasteiger partial charge on any atom is 0.0470 e. The van der Waals surface area contributed by atoms with Crippen LogP contribution in [0.15, 0.2) is 146 Å². The Hall–Kier alpha value is -4.82. The predicted molar refractivity (Wildman–Crippen MR) is 172 cm³/mol. The molecule has 0 spiro atoms. The summed E-state index contributed by atoms with van der Waals surface area (Å²) >= 11 is 0. The summed E-state index contributed by atoms with van der Waals surface area (Å²) in [7, 11) is 0. The normalized spacial score (nSPS) is 10.9. The van der Waals surface area contributed by atoms with Crippen LogP contribution in [0.3, 0.4) is 0 Å². The molecule has 0 aliphatic rings. The lowest BCUT2D eigenvalue weighted by Gasteiger charge is -2.29. The Labute approximate surface area is 237 Å². The summed E-state index contributed by atoms with van der Waals surface area (Å²) in [6.07, 6.45) is 1.90. The minimum atomic E-state index is 0.949. The van der Waals surface area contributed by atoms with Crippen LogP contribution >= 0.6 is 0 Å². The van der Waals surface area contributed by atoms with Crippen LogP contribution in [-0.2, 0) is 12.8 Å². The van der Waals surface area contributed by atoms with Crippen LogP contribution in [0.1, 0.15) is 25.0 Å². The summed E-state index contributed by atoms with van der Waals surface area (Å²) in [5.74, 6) is 0. The Kier molecular flexibility index (Phi) is 7.32. The first-order valence-electron chi connectivity index (χ1n) is 14.2. The number of hydrogen-bond acceptors (Lipinski definition) is 2. The van der Waals surface area contributed by atoms with E-state index in [0.29, 0.717) is 0 Å². The molecule has 0 aliphatic heterocycles. The average Bonchev–Trinajstić information content (AvgIpc) is 3.03. The molecule has 6 aromatic carbocycles. The first kappa shape index (κ1) is 25.5. The van der Waals surface area contributed by atoms with Gasteiger partial charge in [0.25, 0.3) is 0 Å². The highest BCUT2D eigenvalue weighted by Gasteiger charge is 2.19. The van der Waals surface area contributed by atoms with E-state index in [0.717, 1.165) is 35.6 Å². The van der Waals surface area contributed by atoms with Crippen LogP contribution in [0.5, 0.6) is 0 Å². The monoisotopic (exact) mass is 518 g/mol. The quantitative estimate of drug-likeness (QED) is 0.198. The molecule has 6 rings (SSSR count). The van der Waals surface area contributed by atoms with Crippen molar-refractivity contribution < 1.29 is 0 Å². The molecule has 0 aliphatic carbocycles. The lowest BCUT2D eigenvalue weighted by Crippen LogP contribution is -2.12.